The lowest BCUT2D eigenvalue weighted by atomic mass is 9.79. The second-order valence-electron chi connectivity index (χ2n) is 8.12. The molecule has 1 N–H and O–H groups in total. The lowest BCUT2D eigenvalue weighted by Gasteiger charge is -2.48. The van der Waals surface area contributed by atoms with E-state index in [1.165, 1.54) is 77.4 Å². The Morgan fingerprint density at radius 3 is 2.43 bits per heavy atom. The SMILES string of the molecule is CCC(C)C1CN(CC2CCC2)C(C2CCCCC2)CN1. The smallest absolute Gasteiger partial charge is 0.0249 e. The zero-order chi connectivity index (χ0) is 14.7. The summed E-state index contributed by atoms with van der Waals surface area (Å²) in [6.45, 7) is 8.74. The van der Waals surface area contributed by atoms with Gasteiger partial charge in [-0.15, -0.1) is 0 Å². The Morgan fingerprint density at radius 2 is 1.81 bits per heavy atom. The van der Waals surface area contributed by atoms with Crippen molar-refractivity contribution in [3.05, 3.63) is 0 Å². The Kier molecular flexibility index (Phi) is 5.61. The van der Waals surface area contributed by atoms with Crippen molar-refractivity contribution in [2.75, 3.05) is 19.6 Å². The Bertz CT molecular complexity index is 307. The van der Waals surface area contributed by atoms with Crippen LogP contribution in [0.25, 0.3) is 0 Å². The average Bonchev–Trinajstić information content (AvgIpc) is 2.51. The van der Waals surface area contributed by atoms with Gasteiger partial charge in [0.15, 0.2) is 0 Å². The van der Waals surface area contributed by atoms with Gasteiger partial charge in [-0.05, 0) is 43.4 Å². The van der Waals surface area contributed by atoms with Crippen LogP contribution >= 0.6 is 0 Å². The van der Waals surface area contributed by atoms with Crippen LogP contribution in [0.2, 0.25) is 0 Å². The second kappa shape index (κ2) is 7.46. The molecule has 2 saturated carbocycles. The van der Waals surface area contributed by atoms with E-state index in [-0.39, 0.29) is 0 Å². The van der Waals surface area contributed by atoms with Gasteiger partial charge < -0.3 is 5.32 Å². The minimum Gasteiger partial charge on any atom is -0.311 e. The first-order chi connectivity index (χ1) is 10.3. The summed E-state index contributed by atoms with van der Waals surface area (Å²) in [5.74, 6) is 2.82. The topological polar surface area (TPSA) is 15.3 Å². The molecule has 1 saturated heterocycles. The Labute approximate surface area is 132 Å². The van der Waals surface area contributed by atoms with Crippen LogP contribution in [-0.2, 0) is 0 Å². The quantitative estimate of drug-likeness (QED) is 0.822. The Morgan fingerprint density at radius 1 is 1.05 bits per heavy atom. The molecule has 3 atom stereocenters. The molecule has 122 valence electrons. The fourth-order valence-electron chi connectivity index (χ4n) is 4.72. The van der Waals surface area contributed by atoms with Gasteiger partial charge in [-0.1, -0.05) is 46.0 Å². The third-order valence-corrected chi connectivity index (χ3v) is 6.73. The molecule has 0 aromatic heterocycles. The first-order valence-electron chi connectivity index (χ1n) is 9.75. The molecule has 1 aliphatic heterocycles. The predicted molar refractivity (Wildman–Crippen MR) is 90.5 cm³/mol. The van der Waals surface area contributed by atoms with Gasteiger partial charge in [0.1, 0.15) is 0 Å². The van der Waals surface area contributed by atoms with Crippen LogP contribution in [0.4, 0.5) is 0 Å². The van der Waals surface area contributed by atoms with Crippen molar-refractivity contribution in [1.82, 2.24) is 10.2 Å². The minimum atomic E-state index is 0.731. The molecule has 1 heterocycles. The van der Waals surface area contributed by atoms with Crippen LogP contribution in [0.5, 0.6) is 0 Å². The molecule has 21 heavy (non-hydrogen) atoms. The van der Waals surface area contributed by atoms with Gasteiger partial charge in [0.25, 0.3) is 0 Å². The summed E-state index contributed by atoms with van der Waals surface area (Å²) in [7, 11) is 0. The number of nitrogens with zero attached hydrogens (tertiary/aromatic N) is 1. The van der Waals surface area contributed by atoms with Gasteiger partial charge >= 0.3 is 0 Å². The maximum atomic E-state index is 3.91. The molecule has 0 aromatic rings. The number of piperazine rings is 1. The highest BCUT2D eigenvalue weighted by molar-refractivity contribution is 4.93. The summed E-state index contributed by atoms with van der Waals surface area (Å²) in [4.78, 5) is 2.92. The first kappa shape index (κ1) is 15.8. The van der Waals surface area contributed by atoms with Crippen LogP contribution in [-0.4, -0.2) is 36.6 Å². The van der Waals surface area contributed by atoms with Crippen LogP contribution < -0.4 is 5.32 Å². The van der Waals surface area contributed by atoms with E-state index in [0.29, 0.717) is 0 Å². The summed E-state index contributed by atoms with van der Waals surface area (Å²) in [6.07, 6.45) is 13.2. The van der Waals surface area contributed by atoms with E-state index in [2.05, 4.69) is 24.1 Å². The summed E-state index contributed by atoms with van der Waals surface area (Å²) >= 11 is 0. The van der Waals surface area contributed by atoms with Crippen molar-refractivity contribution in [3.8, 4) is 0 Å². The molecule has 3 aliphatic rings. The van der Waals surface area contributed by atoms with E-state index < -0.39 is 0 Å². The molecule has 0 bridgehead atoms. The molecule has 2 nitrogen and oxygen atoms in total. The highest BCUT2D eigenvalue weighted by Gasteiger charge is 2.36. The molecule has 3 unspecified atom stereocenters. The van der Waals surface area contributed by atoms with E-state index in [9.17, 15) is 0 Å². The molecule has 3 fully saturated rings. The highest BCUT2D eigenvalue weighted by Crippen LogP contribution is 2.34. The molecule has 3 rings (SSSR count). The fraction of sp³-hybridized carbons (Fsp3) is 1.00. The lowest BCUT2D eigenvalue weighted by molar-refractivity contribution is 0.0353. The van der Waals surface area contributed by atoms with Crippen molar-refractivity contribution in [1.29, 1.82) is 0 Å². The zero-order valence-corrected chi connectivity index (χ0v) is 14.3. The van der Waals surface area contributed by atoms with E-state index in [1.54, 1.807) is 0 Å². The van der Waals surface area contributed by atoms with Gasteiger partial charge in [-0.3, -0.25) is 4.90 Å². The summed E-state index contributed by atoms with van der Waals surface area (Å²) in [6, 6.07) is 1.57. The first-order valence-corrected chi connectivity index (χ1v) is 9.75. The molecule has 0 aromatic carbocycles. The average molecular weight is 293 g/mol. The monoisotopic (exact) mass is 292 g/mol. The Hall–Kier alpha value is -0.0800. The molecule has 0 radical (unpaired) electrons. The molecule has 0 amide bonds. The van der Waals surface area contributed by atoms with Gasteiger partial charge in [0.2, 0.25) is 0 Å². The second-order valence-corrected chi connectivity index (χ2v) is 8.12. The third-order valence-electron chi connectivity index (χ3n) is 6.73. The van der Waals surface area contributed by atoms with Crippen LogP contribution in [0.15, 0.2) is 0 Å². The molecule has 0 spiro atoms. The minimum absolute atomic E-state index is 0.731. The number of hydrogen-bond donors (Lipinski definition) is 1. The van der Waals surface area contributed by atoms with Crippen molar-refractivity contribution in [2.24, 2.45) is 17.8 Å². The van der Waals surface area contributed by atoms with Gasteiger partial charge in [-0.25, -0.2) is 0 Å². The van der Waals surface area contributed by atoms with Crippen molar-refractivity contribution in [3.63, 3.8) is 0 Å². The predicted octanol–water partition coefficient (Wildman–Crippen LogP) is 4.06. The normalized spacial score (nSPS) is 34.6. The maximum absolute atomic E-state index is 3.91. The Balaban J connectivity index is 1.62. The highest BCUT2D eigenvalue weighted by atomic mass is 15.2. The van der Waals surface area contributed by atoms with E-state index >= 15 is 0 Å². The van der Waals surface area contributed by atoms with Crippen molar-refractivity contribution < 1.29 is 0 Å². The lowest BCUT2D eigenvalue weighted by Crippen LogP contribution is -2.61. The largest absolute Gasteiger partial charge is 0.311 e. The van der Waals surface area contributed by atoms with E-state index in [4.69, 9.17) is 0 Å². The summed E-state index contributed by atoms with van der Waals surface area (Å²) in [5.41, 5.74) is 0. The maximum Gasteiger partial charge on any atom is 0.0249 e. The summed E-state index contributed by atoms with van der Waals surface area (Å²) < 4.78 is 0. The van der Waals surface area contributed by atoms with Gasteiger partial charge in [0, 0.05) is 31.7 Å². The van der Waals surface area contributed by atoms with Crippen LogP contribution in [0, 0.1) is 17.8 Å². The van der Waals surface area contributed by atoms with Crippen molar-refractivity contribution >= 4 is 0 Å². The van der Waals surface area contributed by atoms with Gasteiger partial charge in [0.05, 0.1) is 0 Å². The van der Waals surface area contributed by atoms with E-state index in [0.717, 1.165) is 29.8 Å². The van der Waals surface area contributed by atoms with Crippen LogP contribution in [0.1, 0.15) is 71.6 Å². The zero-order valence-electron chi connectivity index (χ0n) is 14.3. The van der Waals surface area contributed by atoms with E-state index in [1.807, 2.05) is 0 Å². The van der Waals surface area contributed by atoms with Crippen molar-refractivity contribution in [2.45, 2.75) is 83.7 Å². The van der Waals surface area contributed by atoms with Gasteiger partial charge in [-0.2, -0.15) is 0 Å². The molecular formula is C19H36N2. The van der Waals surface area contributed by atoms with Crippen LogP contribution in [0.3, 0.4) is 0 Å². The summed E-state index contributed by atoms with van der Waals surface area (Å²) in [5, 5.41) is 3.91. The number of hydrogen-bond acceptors (Lipinski definition) is 2. The standard InChI is InChI=1S/C19H36N2/c1-3-15(2)18-14-21(13-16-8-7-9-16)19(12-20-18)17-10-5-4-6-11-17/h15-20H,3-14H2,1-2H3. The third kappa shape index (κ3) is 3.82. The molecule has 2 heteroatoms. The molecular weight excluding hydrogens is 256 g/mol. The number of nitrogens with one attached hydrogen (secondary N) is 1. The molecule has 2 aliphatic carbocycles. The fourth-order valence-corrected chi connectivity index (χ4v) is 4.72. The number of rotatable bonds is 5.